The Morgan fingerprint density at radius 3 is 1.45 bits per heavy atom. The first-order chi connectivity index (χ1) is 39.2. The summed E-state index contributed by atoms with van der Waals surface area (Å²) in [6.45, 7) is 11.2. The molecule has 7 rings (SSSR count). The fraction of sp³-hybridized carbons (Fsp3) is 0.472. The van der Waals surface area contributed by atoms with Gasteiger partial charge in [0.05, 0.1) is 20.9 Å². The molecule has 2 aliphatic heterocycles. The molecule has 5 aromatic rings. The Morgan fingerprint density at radius 1 is 0.711 bits per heavy atom. The van der Waals surface area contributed by atoms with Crippen molar-refractivity contribution < 1.29 is 68.4 Å². The van der Waals surface area contributed by atoms with Crippen LogP contribution in [-0.4, -0.2) is 136 Å². The Bertz CT molecular complexity index is 3290. The molecule has 2 saturated heterocycles. The number of likely N-dealkylation sites (tertiary alicyclic amines) is 2. The molecular weight excluding hydrogens is 1160 g/mol. The highest BCUT2D eigenvalue weighted by Gasteiger charge is 2.40. The molecule has 21 nitrogen and oxygen atoms in total. The van der Waals surface area contributed by atoms with Gasteiger partial charge >= 0.3 is 24.5 Å². The van der Waals surface area contributed by atoms with Gasteiger partial charge in [-0.1, -0.05) is 48.3 Å². The number of halogens is 6. The summed E-state index contributed by atoms with van der Waals surface area (Å²) in [5.41, 5.74) is 6.52. The van der Waals surface area contributed by atoms with Crippen LogP contribution in [0.25, 0.3) is 21.8 Å². The van der Waals surface area contributed by atoms with Gasteiger partial charge in [-0.2, -0.15) is 35.0 Å². The maximum atomic E-state index is 13.9. The van der Waals surface area contributed by atoms with Crippen molar-refractivity contribution in [3.8, 4) is 11.4 Å². The van der Waals surface area contributed by atoms with Crippen LogP contribution in [0.5, 0.6) is 0 Å². The maximum absolute atomic E-state index is 13.9. The van der Waals surface area contributed by atoms with Crippen LogP contribution in [0.3, 0.4) is 0 Å². The van der Waals surface area contributed by atoms with Crippen LogP contribution in [0.1, 0.15) is 101 Å². The molecule has 1 N–H and O–H groups in total. The zero-order valence-electron chi connectivity index (χ0n) is 47.8. The Kier molecular flexibility index (Phi) is 22.0. The Morgan fingerprint density at radius 2 is 1.12 bits per heavy atom. The number of amides is 3. The molecule has 3 amide bonds. The number of benzene rings is 4. The lowest BCUT2D eigenvalue weighted by Crippen LogP contribution is -2.52. The third-order valence-electron chi connectivity index (χ3n) is 12.5. The number of ether oxygens (including phenoxy) is 2. The highest BCUT2D eigenvalue weighted by Crippen LogP contribution is 2.34. The number of hydrogen-bond acceptors (Lipinski definition) is 14. The maximum Gasteiger partial charge on any atom is 0.416 e. The minimum atomic E-state index is -4.61. The van der Waals surface area contributed by atoms with E-state index in [4.69, 9.17) is 16.4 Å². The molecule has 0 radical (unpaired) electrons. The van der Waals surface area contributed by atoms with Crippen molar-refractivity contribution in [1.82, 2.24) is 43.9 Å². The number of azide groups is 1. The van der Waals surface area contributed by atoms with Crippen molar-refractivity contribution in [2.75, 3.05) is 39.5 Å². The van der Waals surface area contributed by atoms with Crippen LogP contribution in [-0.2, 0) is 62.0 Å². The number of piperidine rings is 2. The average molecular weight is 1230 g/mol. The number of carbonyl (C=O) groups excluding carboxylic acids is 3. The van der Waals surface area contributed by atoms with E-state index >= 15 is 0 Å². The lowest BCUT2D eigenvalue weighted by atomic mass is 10.1. The number of carbonyl (C=O) groups is 3. The number of tetrazole rings is 1. The summed E-state index contributed by atoms with van der Waals surface area (Å²) < 4.78 is 158. The van der Waals surface area contributed by atoms with E-state index in [2.05, 4.69) is 30.3 Å². The fourth-order valence-corrected chi connectivity index (χ4v) is 11.9. The normalized spacial score (nSPS) is 16.3. The quantitative estimate of drug-likeness (QED) is 0.0379. The second-order valence-electron chi connectivity index (χ2n) is 21.0. The predicted molar refractivity (Wildman–Crippen MR) is 297 cm³/mol. The van der Waals surface area contributed by atoms with Gasteiger partial charge in [0.25, 0.3) is 5.91 Å². The highest BCUT2D eigenvalue weighted by molar-refractivity contribution is 7.97. The van der Waals surface area contributed by atoms with E-state index < -0.39 is 79.0 Å². The second kappa shape index (κ2) is 28.1. The average Bonchev–Trinajstić information content (AvgIpc) is 3.46. The van der Waals surface area contributed by atoms with E-state index in [-0.39, 0.29) is 48.1 Å². The summed E-state index contributed by atoms with van der Waals surface area (Å²) in [6.07, 6.45) is -8.28. The molecule has 0 saturated carbocycles. The van der Waals surface area contributed by atoms with E-state index in [9.17, 15) is 57.6 Å². The smallest absolute Gasteiger partial charge is 0.416 e. The van der Waals surface area contributed by atoms with E-state index in [0.717, 1.165) is 66.0 Å². The fourth-order valence-electron chi connectivity index (χ4n) is 8.61. The molecule has 2 aliphatic rings. The Balaban J connectivity index is 0.000000280. The molecule has 0 spiro atoms. The molecule has 83 heavy (non-hydrogen) atoms. The standard InChI is InChI=1S/C26H31F3N6O4S.C26H32F3N3O5S.CH3N3S/c1-25(2,3)39-24(36)34-15-5-6-21(17-34)35(40(37,38)22-13-11-20(12-14-22)26(27,28)29)16-18-7-9-19(10-8-18)23-30-31-32-33(23)4;1-25(2,3)37-24(34)31-15-5-6-21(17-31)32(16-18-7-9-19(10-8-18)23(33)30-4)38(35,36)22-13-11-20(12-14-22)26(27,28)29;1-5-4-3-2/h7-14,21H,5-6,15-17H2,1-4H3;7-14,21H,5-6,15-17H2,1-4H3,(H,30,33);1H3/i;;1T. The van der Waals surface area contributed by atoms with Gasteiger partial charge in [-0.25, -0.2) is 31.1 Å². The van der Waals surface area contributed by atoms with Gasteiger partial charge in [0.2, 0.25) is 20.0 Å². The highest BCUT2D eigenvalue weighted by atomic mass is 32.2. The van der Waals surface area contributed by atoms with Crippen LogP contribution < -0.4 is 5.32 Å². The predicted octanol–water partition coefficient (Wildman–Crippen LogP) is 10.7. The van der Waals surface area contributed by atoms with Gasteiger partial charge in [-0.15, -0.1) is 5.10 Å². The zero-order valence-corrected chi connectivity index (χ0v) is 49.2. The molecule has 2 fully saturated rings. The minimum Gasteiger partial charge on any atom is -0.444 e. The largest absolute Gasteiger partial charge is 0.444 e. The number of alkyl halides is 6. The van der Waals surface area contributed by atoms with E-state index in [1.54, 1.807) is 97.1 Å². The number of aromatic nitrogens is 4. The van der Waals surface area contributed by atoms with Crippen LogP contribution >= 0.6 is 11.9 Å². The first-order valence-corrected chi connectivity index (χ1v) is 29.4. The molecule has 0 bridgehead atoms. The van der Waals surface area contributed by atoms with Crippen molar-refractivity contribution in [3.63, 3.8) is 0 Å². The van der Waals surface area contributed by atoms with Crippen molar-refractivity contribution >= 4 is 50.1 Å². The van der Waals surface area contributed by atoms with E-state index in [1.807, 2.05) is 0 Å². The lowest BCUT2D eigenvalue weighted by molar-refractivity contribution is -0.138. The summed E-state index contributed by atoms with van der Waals surface area (Å²) in [4.78, 5) is 42.1. The minimum absolute atomic E-state index is 0.0606. The van der Waals surface area contributed by atoms with Crippen LogP contribution in [0.15, 0.2) is 111 Å². The molecule has 2 atom stereocenters. The number of nitrogens with zero attached hydrogens (tertiary/aromatic N) is 11. The van der Waals surface area contributed by atoms with Gasteiger partial charge in [-0.05, 0) is 166 Å². The number of sulfonamides is 2. The summed E-state index contributed by atoms with van der Waals surface area (Å²) in [5, 5.41) is 13.9. The monoisotopic (exact) mass is 1230 g/mol. The summed E-state index contributed by atoms with van der Waals surface area (Å²) >= 11 is 0.883. The van der Waals surface area contributed by atoms with Gasteiger partial charge in [-0.3, -0.25) is 4.79 Å². The first-order valence-electron chi connectivity index (χ1n) is 26.3. The first kappa shape index (κ1) is 65.2. The van der Waals surface area contributed by atoms with Gasteiger partial charge in [0, 0.05) is 82.9 Å². The molecular formula is C53H66F6N12O9S3. The molecule has 30 heteroatoms. The lowest BCUT2D eigenvalue weighted by Gasteiger charge is -2.39. The SMILES string of the molecule is CNC(=O)c1ccc(CN(C2CCCN(C(=O)OC(C)(C)C)C2)S(=O)(=O)c2ccc(C(F)(F)F)cc2)cc1.Cn1nnnc1-c1ccc(CN(C2CCCN(C(=O)OC(C)(C)C)C2)S(=O)(=O)c2ccc(C(F)(F)F)cc2)cc1.[3H]CSN=[N+]=[N-]. The van der Waals surface area contributed by atoms with Crippen LogP contribution in [0, 0.1) is 0 Å². The van der Waals surface area contributed by atoms with Gasteiger partial charge in [0.15, 0.2) is 5.82 Å². The summed E-state index contributed by atoms with van der Waals surface area (Å²) in [6, 6.07) is 18.9. The third-order valence-corrected chi connectivity index (χ3v) is 16.5. The van der Waals surface area contributed by atoms with Crippen LogP contribution in [0.2, 0.25) is 0 Å². The Hall–Kier alpha value is -6.98. The van der Waals surface area contributed by atoms with Crippen LogP contribution in [0.4, 0.5) is 35.9 Å². The zero-order chi connectivity index (χ0) is 62.4. The summed E-state index contributed by atoms with van der Waals surface area (Å²) in [5.74, 6) is 0.229. The third kappa shape index (κ3) is 19.0. The molecule has 2 unspecified atom stereocenters. The number of nitrogens with one attached hydrogen (secondary N) is 1. The van der Waals surface area contributed by atoms with E-state index in [1.165, 1.54) is 30.1 Å². The number of aryl methyl sites for hydroxylation is 1. The topological polar surface area (TPSA) is 255 Å². The molecule has 3 heterocycles. The van der Waals surface area contributed by atoms with Crippen molar-refractivity contribution in [2.45, 2.75) is 126 Å². The van der Waals surface area contributed by atoms with Crippen molar-refractivity contribution in [2.24, 2.45) is 11.6 Å². The van der Waals surface area contributed by atoms with Crippen molar-refractivity contribution in [3.05, 3.63) is 135 Å². The number of rotatable bonds is 13. The van der Waals surface area contributed by atoms with E-state index in [0.29, 0.717) is 61.3 Å². The molecule has 4 aromatic carbocycles. The molecule has 452 valence electrons. The number of hydrogen-bond donors (Lipinski definition) is 1. The Labute approximate surface area is 483 Å². The molecule has 0 aliphatic carbocycles. The van der Waals surface area contributed by atoms with Crippen molar-refractivity contribution in [1.29, 1.82) is 0 Å². The molecule has 1 aromatic heterocycles. The summed E-state index contributed by atoms with van der Waals surface area (Å²) in [7, 11) is -5.33. The van der Waals surface area contributed by atoms with Gasteiger partial charge < -0.3 is 24.6 Å². The van der Waals surface area contributed by atoms with Gasteiger partial charge in [0.1, 0.15) is 11.2 Å². The second-order valence-corrected chi connectivity index (χ2v) is 25.2.